The zero-order valence-corrected chi connectivity index (χ0v) is 47.7. The van der Waals surface area contributed by atoms with Gasteiger partial charge in [-0.3, -0.25) is 9.59 Å². The van der Waals surface area contributed by atoms with Crippen molar-refractivity contribution >= 4 is 120 Å². The van der Waals surface area contributed by atoms with E-state index in [1.54, 1.807) is 30.0 Å². The first-order valence-corrected chi connectivity index (χ1v) is 22.9. The predicted molar refractivity (Wildman–Crippen MR) is 302 cm³/mol. The van der Waals surface area contributed by atoms with E-state index in [-0.39, 0.29) is 127 Å². The van der Waals surface area contributed by atoms with Crippen LogP contribution in [0.5, 0.6) is 0 Å². The van der Waals surface area contributed by atoms with Crippen molar-refractivity contribution in [3.8, 4) is 0 Å². The number of carboxylic acids is 1. The number of ether oxygens (including phenoxy) is 4. The zero-order valence-electron chi connectivity index (χ0n) is 41.1. The number of carbonyl (C=O) groups excluding carboxylic acids is 6. The Morgan fingerprint density at radius 3 is 0.948 bits per heavy atom. The van der Waals surface area contributed by atoms with E-state index in [1.165, 1.54) is 95.2 Å². The molecule has 19 nitrogen and oxygen atoms in total. The molecule has 2 amide bonds. The molecule has 0 saturated heterocycles. The van der Waals surface area contributed by atoms with Crippen molar-refractivity contribution < 1.29 is 108 Å². The maximum atomic E-state index is 11.2. The molecule has 0 aromatic heterocycles. The van der Waals surface area contributed by atoms with Gasteiger partial charge in [0.15, 0.2) is 0 Å². The third-order valence-electron chi connectivity index (χ3n) is 7.77. The van der Waals surface area contributed by atoms with E-state index < -0.39 is 41.7 Å². The van der Waals surface area contributed by atoms with Gasteiger partial charge in [-0.1, -0.05) is 86.4 Å². The Morgan fingerprint density at radius 1 is 0.455 bits per heavy atom. The monoisotopic (exact) mass is 1200 g/mol. The number of primary amides is 2. The van der Waals surface area contributed by atoms with E-state index in [4.69, 9.17) is 95.6 Å². The van der Waals surface area contributed by atoms with Gasteiger partial charge in [0.05, 0.1) is 69.5 Å². The molecule has 27 heteroatoms. The Balaban J connectivity index is -0.000000124. The molecular weight excluding hydrogens is 1140 g/mol. The molecule has 0 unspecified atom stereocenters. The van der Waals surface area contributed by atoms with Gasteiger partial charge in [-0.05, 0) is 114 Å². The summed E-state index contributed by atoms with van der Waals surface area (Å²) in [5, 5.41) is 35.0. The average molecular weight is 1210 g/mol. The number of aliphatic hydroxyl groups excluding tert-OH is 3. The molecule has 0 fully saturated rings. The molecule has 3 radical (unpaired) electrons. The standard InChI is InChI=1S/C10H9ClO4.C9H8ClNO3.C9H7ClO4.C8H8ClNO2.C8H10ClNO.C2H6S.CH4O.3CH4.B.Na.H2O/c1-14-9(12)6-3-7(10(13)15-2)5-8(11)4-6;2*1-14-9(13)6-2-5(8(11)12)3-7(10)4-6;9-7-2-5(4-11)1-6(3-7)8(10)12;9-8-2-6(4-10)1-7(3-8)5-11;1-3-2;1-2;;;;;;/h3-5H,1-2H3;2-4H,1H3,(H2,11,12);2-4H,1H3,(H,11,12);1-3,11H,4H2,(H2,10,12);1-3,11H,4-5,10H2;1-2H3;2H,1H3;3*1H4;;;1H2/q;;;;;;;;;;;+1;/p-1. The van der Waals surface area contributed by atoms with Crippen LogP contribution in [0.2, 0.25) is 25.1 Å². The molecule has 0 aliphatic rings. The van der Waals surface area contributed by atoms with Crippen LogP contribution in [0.3, 0.4) is 0 Å². The van der Waals surface area contributed by atoms with Gasteiger partial charge >= 0.3 is 59.4 Å². The first kappa shape index (κ1) is 88.7. The molecule has 11 N–H and O–H groups in total. The van der Waals surface area contributed by atoms with Crippen molar-refractivity contribution in [2.45, 2.75) is 42.0 Å². The SMILES string of the molecule is C.C.C.CO.COC(=O)c1cc(Cl)cc(C(=O)O)c1.COC(=O)c1cc(Cl)cc(C(=O)OC)c1.COC(=O)c1cc(Cl)cc(C(N)=O)c1.CSC.NC(=O)c1cc(Cl)cc(CO)c1.NCc1cc(Cl)cc(CO)c1.[B].[Na+].[OH-]. The number of thioether (sulfide) groups is 1. The Bertz CT molecular complexity index is 2460. The van der Waals surface area contributed by atoms with E-state index >= 15 is 0 Å². The summed E-state index contributed by atoms with van der Waals surface area (Å²) in [6.45, 7) is 0.307. The van der Waals surface area contributed by atoms with Crippen LogP contribution >= 0.6 is 69.8 Å². The van der Waals surface area contributed by atoms with Crippen LogP contribution in [0.15, 0.2) is 91.0 Å². The van der Waals surface area contributed by atoms with E-state index in [2.05, 4.69) is 18.9 Å². The normalized spacial score (nSPS) is 8.62. The number of halogens is 5. The summed E-state index contributed by atoms with van der Waals surface area (Å²) in [5.41, 5.74) is 19.0. The molecule has 5 aromatic carbocycles. The van der Waals surface area contributed by atoms with Gasteiger partial charge < -0.3 is 62.1 Å². The summed E-state index contributed by atoms with van der Waals surface area (Å²) in [6, 6.07) is 22.0. The summed E-state index contributed by atoms with van der Waals surface area (Å²) < 4.78 is 17.9. The minimum Gasteiger partial charge on any atom is -0.870 e. The second-order valence-corrected chi connectivity index (χ2v) is 15.9. The number of aromatic carboxylic acids is 1. The van der Waals surface area contributed by atoms with Gasteiger partial charge in [-0.2, -0.15) is 11.8 Å². The third-order valence-corrected chi connectivity index (χ3v) is 8.86. The summed E-state index contributed by atoms with van der Waals surface area (Å²) in [6.07, 6.45) is 4.08. The number of nitrogens with two attached hydrogens (primary N) is 3. The van der Waals surface area contributed by atoms with Gasteiger partial charge in [-0.15, -0.1) is 0 Å². The van der Waals surface area contributed by atoms with Crippen molar-refractivity contribution in [1.29, 1.82) is 0 Å². The molecule has 421 valence electrons. The van der Waals surface area contributed by atoms with Crippen LogP contribution in [-0.2, 0) is 38.7 Å². The number of hydrogen-bond acceptors (Lipinski definition) is 17. The first-order chi connectivity index (χ1) is 33.5. The fraction of sp³-hybridized carbons (Fsp3) is 0.260. The topological polar surface area (TPSA) is 345 Å². The maximum absolute atomic E-state index is 11.2. The van der Waals surface area contributed by atoms with Crippen molar-refractivity contribution in [2.24, 2.45) is 17.2 Å². The minimum atomic E-state index is -1.14. The van der Waals surface area contributed by atoms with Crippen LogP contribution < -0.4 is 46.8 Å². The Hall–Kier alpha value is -4.95. The number of carboxylic acid groups (broad SMARTS) is 1. The van der Waals surface area contributed by atoms with E-state index in [9.17, 15) is 33.6 Å². The Kier molecular flexibility index (Phi) is 56.8. The van der Waals surface area contributed by atoms with Gasteiger partial charge in [0.25, 0.3) is 0 Å². The molecule has 0 bridgehead atoms. The van der Waals surface area contributed by atoms with E-state index in [1.807, 2.05) is 18.6 Å². The van der Waals surface area contributed by atoms with Crippen LogP contribution in [-0.4, -0.2) is 124 Å². The molecule has 77 heavy (non-hydrogen) atoms. The van der Waals surface area contributed by atoms with E-state index in [0.717, 1.165) is 18.2 Å². The van der Waals surface area contributed by atoms with Crippen LogP contribution in [0.1, 0.15) is 111 Å². The van der Waals surface area contributed by atoms with Gasteiger partial charge in [0.1, 0.15) is 0 Å². The van der Waals surface area contributed by atoms with Gasteiger partial charge in [0, 0.05) is 58.3 Å². The molecule has 0 aliphatic carbocycles. The van der Waals surface area contributed by atoms with Gasteiger partial charge in [-0.25, -0.2) is 24.0 Å². The van der Waals surface area contributed by atoms with Crippen molar-refractivity contribution in [1.82, 2.24) is 0 Å². The number of rotatable bonds is 10. The maximum Gasteiger partial charge on any atom is 1.00 e. The summed E-state index contributed by atoms with van der Waals surface area (Å²) >= 11 is 30.2. The van der Waals surface area contributed by atoms with Crippen molar-refractivity contribution in [2.75, 3.05) is 48.1 Å². The molecule has 0 aliphatic heterocycles. The predicted octanol–water partition coefficient (Wildman–Crippen LogP) is 6.13. The fourth-order valence-electron chi connectivity index (χ4n) is 4.79. The Morgan fingerprint density at radius 2 is 0.675 bits per heavy atom. The van der Waals surface area contributed by atoms with Gasteiger partial charge in [0.2, 0.25) is 11.8 Å². The summed E-state index contributed by atoms with van der Waals surface area (Å²) in [4.78, 5) is 76.7. The molecule has 5 aromatic rings. The summed E-state index contributed by atoms with van der Waals surface area (Å²) in [7, 11) is 5.96. The largest absolute Gasteiger partial charge is 1.00 e. The molecule has 5 rings (SSSR count). The number of hydrogen-bond donors (Lipinski definition) is 7. The second-order valence-electron chi connectivity index (χ2n) is 12.9. The smallest absolute Gasteiger partial charge is 0.870 e. The second kappa shape index (κ2) is 49.4. The minimum absolute atomic E-state index is 0. The number of carbonyl (C=O) groups is 7. The quantitative estimate of drug-likeness (QED) is 0.0470. The fourth-order valence-corrected chi connectivity index (χ4v) is 6.03. The molecule has 0 saturated carbocycles. The zero-order chi connectivity index (χ0) is 55.0. The number of methoxy groups -OCH3 is 4. The molecule has 0 spiro atoms. The number of esters is 4. The molecule has 0 heterocycles. The van der Waals surface area contributed by atoms with E-state index in [0.29, 0.717) is 27.7 Å². The Labute approximate surface area is 503 Å². The third kappa shape index (κ3) is 36.0. The van der Waals surface area contributed by atoms with Crippen molar-refractivity contribution in [3.05, 3.63) is 172 Å². The van der Waals surface area contributed by atoms with Crippen LogP contribution in [0, 0.1) is 0 Å². The number of aliphatic hydroxyl groups is 3. The number of benzene rings is 5. The van der Waals surface area contributed by atoms with Crippen LogP contribution in [0.25, 0.3) is 0 Å². The molecule has 0 atom stereocenters. The average Bonchev–Trinajstić information content (AvgIpc) is 3.35. The first-order valence-electron chi connectivity index (χ1n) is 19.4. The summed E-state index contributed by atoms with van der Waals surface area (Å²) in [5.74, 6) is -4.61. The number of amides is 2. The molecular formula is C50H65BCl5N3NaO16S. The van der Waals surface area contributed by atoms with Crippen LogP contribution in [0.4, 0.5) is 0 Å². The van der Waals surface area contributed by atoms with Crippen molar-refractivity contribution in [3.63, 3.8) is 0 Å².